The minimum absolute atomic E-state index is 0.152. The molecule has 1 unspecified atom stereocenters. The highest BCUT2D eigenvalue weighted by Gasteiger charge is 2.38. The number of hydrogen-bond donors (Lipinski definition) is 2. The lowest BCUT2D eigenvalue weighted by Gasteiger charge is -2.38. The van der Waals surface area contributed by atoms with Gasteiger partial charge in [-0.3, -0.25) is 14.4 Å². The van der Waals surface area contributed by atoms with Gasteiger partial charge in [0.05, 0.1) is 15.3 Å². The first-order valence-corrected chi connectivity index (χ1v) is 12.4. The van der Waals surface area contributed by atoms with Crippen molar-refractivity contribution < 1.29 is 19.5 Å². The zero-order chi connectivity index (χ0) is 24.2. The molecule has 3 aromatic rings. The van der Waals surface area contributed by atoms with E-state index in [9.17, 15) is 14.4 Å². The number of carbonyl (C=O) groups excluding carboxylic acids is 2. The number of nitrogens with zero attached hydrogens (tertiary/aromatic N) is 3. The summed E-state index contributed by atoms with van der Waals surface area (Å²) in [5.74, 6) is -1.48. The third kappa shape index (κ3) is 5.51. The standard InChI is InChI=1S/C24H23BrN4O4S/c1-2-18-7-8-20(34-18)22(30)28-19(23(31)29-12-16(13-29)24(32)33)9-14-3-5-15(6-4-14)21-26-10-17(25)11-27-21/h3-8,10-11,16,19H,2,9,12-13H2,1H3,(H,28,30)(H,32,33). The third-order valence-electron chi connectivity index (χ3n) is 5.65. The number of rotatable bonds is 8. The summed E-state index contributed by atoms with van der Waals surface area (Å²) in [6.45, 7) is 2.32. The average Bonchev–Trinajstić information content (AvgIpc) is 3.28. The number of nitrogens with one attached hydrogen (secondary N) is 1. The van der Waals surface area contributed by atoms with Gasteiger partial charge in [-0.1, -0.05) is 31.2 Å². The van der Waals surface area contributed by atoms with E-state index < -0.39 is 17.9 Å². The van der Waals surface area contributed by atoms with Crippen molar-refractivity contribution in [1.29, 1.82) is 0 Å². The monoisotopic (exact) mass is 542 g/mol. The molecule has 4 rings (SSSR count). The molecule has 34 heavy (non-hydrogen) atoms. The van der Waals surface area contributed by atoms with Crippen LogP contribution in [0.5, 0.6) is 0 Å². The smallest absolute Gasteiger partial charge is 0.310 e. The van der Waals surface area contributed by atoms with Gasteiger partial charge in [-0.2, -0.15) is 0 Å². The number of aliphatic carboxylic acids is 1. The Kier molecular flexibility index (Phi) is 7.38. The fourth-order valence-electron chi connectivity index (χ4n) is 3.64. The van der Waals surface area contributed by atoms with Crippen LogP contribution < -0.4 is 5.32 Å². The quantitative estimate of drug-likeness (QED) is 0.451. The normalized spacial score (nSPS) is 14.4. The van der Waals surface area contributed by atoms with Crippen LogP contribution in [0.15, 0.2) is 53.3 Å². The molecule has 1 aromatic carbocycles. The predicted octanol–water partition coefficient (Wildman–Crippen LogP) is 3.41. The molecule has 1 aliphatic rings. The SMILES string of the molecule is CCc1ccc(C(=O)NC(Cc2ccc(-c3ncc(Br)cn3)cc2)C(=O)N2CC(C(=O)O)C2)s1. The van der Waals surface area contributed by atoms with E-state index in [4.69, 9.17) is 5.11 Å². The van der Waals surface area contributed by atoms with Crippen molar-refractivity contribution in [2.24, 2.45) is 5.92 Å². The van der Waals surface area contributed by atoms with Crippen molar-refractivity contribution in [3.05, 3.63) is 68.6 Å². The molecule has 2 amide bonds. The molecule has 0 spiro atoms. The van der Waals surface area contributed by atoms with Gasteiger partial charge in [-0.25, -0.2) is 9.97 Å². The Morgan fingerprint density at radius 3 is 2.41 bits per heavy atom. The highest BCUT2D eigenvalue weighted by atomic mass is 79.9. The van der Waals surface area contributed by atoms with Crippen molar-refractivity contribution in [1.82, 2.24) is 20.2 Å². The summed E-state index contributed by atoms with van der Waals surface area (Å²) in [5.41, 5.74) is 1.69. The molecule has 1 atom stereocenters. The maximum atomic E-state index is 13.1. The lowest BCUT2D eigenvalue weighted by molar-refractivity contribution is -0.153. The van der Waals surface area contributed by atoms with Crippen LogP contribution in [0.1, 0.15) is 27.0 Å². The Balaban J connectivity index is 1.50. The predicted molar refractivity (Wildman–Crippen MR) is 132 cm³/mol. The third-order valence-corrected chi connectivity index (χ3v) is 7.29. The lowest BCUT2D eigenvalue weighted by Crippen LogP contribution is -2.59. The minimum atomic E-state index is -0.916. The first-order valence-electron chi connectivity index (χ1n) is 10.8. The fourth-order valence-corrected chi connectivity index (χ4v) is 4.70. The molecule has 3 heterocycles. The molecule has 10 heteroatoms. The van der Waals surface area contributed by atoms with Crippen LogP contribution in [0.4, 0.5) is 0 Å². The molecule has 0 saturated carbocycles. The van der Waals surface area contributed by atoms with Gasteiger partial charge in [0.1, 0.15) is 6.04 Å². The second kappa shape index (κ2) is 10.4. The number of carboxylic acid groups (broad SMARTS) is 1. The summed E-state index contributed by atoms with van der Waals surface area (Å²) >= 11 is 4.72. The van der Waals surface area contributed by atoms with Gasteiger partial charge in [0, 0.05) is 42.3 Å². The molecular weight excluding hydrogens is 520 g/mol. The number of aryl methyl sites for hydroxylation is 1. The van der Waals surface area contributed by atoms with Crippen LogP contribution in [0.3, 0.4) is 0 Å². The van der Waals surface area contributed by atoms with Gasteiger partial charge in [-0.05, 0) is 40.0 Å². The summed E-state index contributed by atoms with van der Waals surface area (Å²) in [7, 11) is 0. The maximum absolute atomic E-state index is 13.1. The maximum Gasteiger partial charge on any atom is 0.310 e. The van der Waals surface area contributed by atoms with Crippen molar-refractivity contribution >= 4 is 45.1 Å². The Morgan fingerprint density at radius 1 is 1.15 bits per heavy atom. The number of carbonyl (C=O) groups is 3. The molecule has 2 aromatic heterocycles. The Hall–Kier alpha value is -3.11. The van der Waals surface area contributed by atoms with Crippen molar-refractivity contribution in [2.75, 3.05) is 13.1 Å². The molecule has 1 saturated heterocycles. The van der Waals surface area contributed by atoms with Crippen molar-refractivity contribution in [2.45, 2.75) is 25.8 Å². The molecule has 2 N–H and O–H groups in total. The first-order chi connectivity index (χ1) is 16.3. The second-order valence-electron chi connectivity index (χ2n) is 8.05. The Labute approximate surface area is 209 Å². The Morgan fingerprint density at radius 2 is 1.82 bits per heavy atom. The molecule has 0 bridgehead atoms. The molecule has 1 aliphatic heterocycles. The zero-order valence-electron chi connectivity index (χ0n) is 18.4. The number of likely N-dealkylation sites (tertiary alicyclic amines) is 1. The number of amides is 2. The van der Waals surface area contributed by atoms with Crippen LogP contribution in [-0.2, 0) is 22.4 Å². The van der Waals surface area contributed by atoms with Gasteiger partial charge < -0.3 is 15.3 Å². The molecule has 176 valence electrons. The van der Waals surface area contributed by atoms with E-state index in [1.165, 1.54) is 16.2 Å². The van der Waals surface area contributed by atoms with E-state index in [1.54, 1.807) is 18.5 Å². The number of aromatic nitrogens is 2. The topological polar surface area (TPSA) is 112 Å². The fraction of sp³-hybridized carbons (Fsp3) is 0.292. The summed E-state index contributed by atoms with van der Waals surface area (Å²) in [6.07, 6.45) is 4.46. The summed E-state index contributed by atoms with van der Waals surface area (Å²) < 4.78 is 0.790. The van der Waals surface area contributed by atoms with Crippen LogP contribution in [-0.4, -0.2) is 56.9 Å². The van der Waals surface area contributed by atoms with E-state index in [1.807, 2.05) is 37.3 Å². The first kappa shape index (κ1) is 24.0. The molecular formula is C24H23BrN4O4S. The number of hydrogen-bond acceptors (Lipinski definition) is 6. The minimum Gasteiger partial charge on any atom is -0.481 e. The van der Waals surface area contributed by atoms with Crippen LogP contribution in [0, 0.1) is 5.92 Å². The molecule has 0 radical (unpaired) electrons. The number of benzene rings is 1. The van der Waals surface area contributed by atoms with Crippen LogP contribution >= 0.6 is 27.3 Å². The van der Waals surface area contributed by atoms with Gasteiger partial charge in [-0.15, -0.1) is 11.3 Å². The van der Waals surface area contributed by atoms with Crippen LogP contribution in [0.2, 0.25) is 0 Å². The van der Waals surface area contributed by atoms with Gasteiger partial charge >= 0.3 is 5.97 Å². The van der Waals surface area contributed by atoms with Crippen molar-refractivity contribution in [3.63, 3.8) is 0 Å². The van der Waals surface area contributed by atoms with E-state index >= 15 is 0 Å². The molecule has 0 aliphatic carbocycles. The van der Waals surface area contributed by atoms with E-state index in [2.05, 4.69) is 31.2 Å². The Bertz CT molecular complexity index is 1190. The summed E-state index contributed by atoms with van der Waals surface area (Å²) in [5, 5.41) is 12.0. The largest absolute Gasteiger partial charge is 0.481 e. The van der Waals surface area contributed by atoms with Gasteiger partial charge in [0.2, 0.25) is 5.91 Å². The average molecular weight is 543 g/mol. The number of thiophene rings is 1. The van der Waals surface area contributed by atoms with E-state index in [0.717, 1.165) is 26.9 Å². The van der Waals surface area contributed by atoms with Gasteiger partial charge in [0.25, 0.3) is 5.91 Å². The van der Waals surface area contributed by atoms with Crippen LogP contribution in [0.25, 0.3) is 11.4 Å². The highest BCUT2D eigenvalue weighted by molar-refractivity contribution is 9.10. The lowest BCUT2D eigenvalue weighted by atomic mass is 9.97. The van der Waals surface area contributed by atoms with E-state index in [0.29, 0.717) is 10.7 Å². The molecule has 1 fully saturated rings. The second-order valence-corrected chi connectivity index (χ2v) is 10.1. The number of carboxylic acids is 1. The summed E-state index contributed by atoms with van der Waals surface area (Å²) in [4.78, 5) is 48.9. The number of halogens is 1. The molecule has 8 nitrogen and oxygen atoms in total. The highest BCUT2D eigenvalue weighted by Crippen LogP contribution is 2.22. The zero-order valence-corrected chi connectivity index (χ0v) is 20.8. The van der Waals surface area contributed by atoms with Gasteiger partial charge in [0.15, 0.2) is 5.82 Å². The summed E-state index contributed by atoms with van der Waals surface area (Å²) in [6, 6.07) is 10.4. The van der Waals surface area contributed by atoms with Crippen molar-refractivity contribution in [3.8, 4) is 11.4 Å². The van der Waals surface area contributed by atoms with E-state index in [-0.39, 0.29) is 31.3 Å².